The van der Waals surface area contributed by atoms with Crippen molar-refractivity contribution in [2.45, 2.75) is 19.9 Å². The van der Waals surface area contributed by atoms with Crippen molar-refractivity contribution < 1.29 is 10.1 Å². The molecule has 0 radical (unpaired) electrons. The fraction of sp³-hybridized carbons (Fsp3) is 0.235. The van der Waals surface area contributed by atoms with Gasteiger partial charge in [-0.2, -0.15) is 0 Å². The van der Waals surface area contributed by atoms with Crippen LogP contribution in [0.15, 0.2) is 48.5 Å². The topological polar surface area (TPSA) is 45.7 Å². The van der Waals surface area contributed by atoms with Crippen molar-refractivity contribution in [3.63, 3.8) is 0 Å². The quantitative estimate of drug-likeness (QED) is 0.876. The van der Waals surface area contributed by atoms with Gasteiger partial charge in [0.15, 0.2) is 6.54 Å². The maximum absolute atomic E-state index is 11.9. The third-order valence-corrected chi connectivity index (χ3v) is 3.60. The minimum atomic E-state index is -0.00673. The molecule has 2 aromatic rings. The molecular weight excluding hydrogens is 284 g/mol. The van der Waals surface area contributed by atoms with Crippen molar-refractivity contribution in [2.75, 3.05) is 11.9 Å². The molecule has 110 valence electrons. The number of nitrogens with one attached hydrogen (secondary N) is 1. The van der Waals surface area contributed by atoms with Crippen molar-refractivity contribution in [1.29, 1.82) is 0 Å². The van der Waals surface area contributed by atoms with Crippen LogP contribution in [0.4, 0.5) is 5.69 Å². The van der Waals surface area contributed by atoms with Gasteiger partial charge in [0.05, 0.1) is 0 Å². The SMILES string of the molecule is Cc1ccc(NC(=O)C[NH2+][C@H](C)c2cccc(Cl)c2)cc1. The summed E-state index contributed by atoms with van der Waals surface area (Å²) < 4.78 is 0. The zero-order valence-electron chi connectivity index (χ0n) is 12.3. The van der Waals surface area contributed by atoms with E-state index in [1.165, 1.54) is 5.56 Å². The molecule has 0 fully saturated rings. The van der Waals surface area contributed by atoms with Gasteiger partial charge in [0.2, 0.25) is 0 Å². The number of carbonyl (C=O) groups is 1. The number of hydrogen-bond donors (Lipinski definition) is 2. The average Bonchev–Trinajstić information content (AvgIpc) is 2.47. The van der Waals surface area contributed by atoms with E-state index in [1.807, 2.05) is 60.8 Å². The normalized spacial score (nSPS) is 12.0. The Balaban J connectivity index is 1.84. The number of carbonyl (C=O) groups excluding carboxylic acids is 1. The molecule has 0 saturated carbocycles. The Hall–Kier alpha value is -1.84. The summed E-state index contributed by atoms with van der Waals surface area (Å²) >= 11 is 5.98. The molecule has 0 unspecified atom stereocenters. The number of rotatable bonds is 5. The van der Waals surface area contributed by atoms with Crippen LogP contribution in [0.3, 0.4) is 0 Å². The van der Waals surface area contributed by atoms with Crippen LogP contribution in [0.2, 0.25) is 5.02 Å². The zero-order chi connectivity index (χ0) is 15.2. The first-order chi connectivity index (χ1) is 10.0. The highest BCUT2D eigenvalue weighted by atomic mass is 35.5. The molecule has 0 bridgehead atoms. The van der Waals surface area contributed by atoms with Gasteiger partial charge in [-0.3, -0.25) is 4.79 Å². The van der Waals surface area contributed by atoms with Gasteiger partial charge < -0.3 is 10.6 Å². The zero-order valence-corrected chi connectivity index (χ0v) is 13.0. The second-order valence-corrected chi connectivity index (χ2v) is 5.63. The lowest BCUT2D eigenvalue weighted by Crippen LogP contribution is -2.86. The number of nitrogens with two attached hydrogens (primary N) is 1. The molecule has 3 nitrogen and oxygen atoms in total. The van der Waals surface area contributed by atoms with Gasteiger partial charge in [-0.25, -0.2) is 0 Å². The number of benzene rings is 2. The number of aryl methyl sites for hydroxylation is 1. The second-order valence-electron chi connectivity index (χ2n) is 5.20. The molecule has 2 aromatic carbocycles. The van der Waals surface area contributed by atoms with Crippen LogP contribution >= 0.6 is 11.6 Å². The van der Waals surface area contributed by atoms with E-state index < -0.39 is 0 Å². The minimum Gasteiger partial charge on any atom is -0.333 e. The Morgan fingerprint density at radius 2 is 1.95 bits per heavy atom. The molecule has 0 aromatic heterocycles. The lowest BCUT2D eigenvalue weighted by molar-refractivity contribution is -0.682. The number of hydrogen-bond acceptors (Lipinski definition) is 1. The van der Waals surface area contributed by atoms with Crippen LogP contribution in [0.25, 0.3) is 0 Å². The average molecular weight is 304 g/mol. The molecule has 21 heavy (non-hydrogen) atoms. The molecular formula is C17H20ClN2O+. The van der Waals surface area contributed by atoms with Crippen molar-refractivity contribution in [2.24, 2.45) is 0 Å². The van der Waals surface area contributed by atoms with Gasteiger partial charge in [-0.1, -0.05) is 41.4 Å². The molecule has 2 rings (SSSR count). The summed E-state index contributed by atoms with van der Waals surface area (Å²) in [5.74, 6) is -0.00673. The summed E-state index contributed by atoms with van der Waals surface area (Å²) in [6, 6.07) is 15.7. The van der Waals surface area contributed by atoms with E-state index in [4.69, 9.17) is 11.6 Å². The second kappa shape index (κ2) is 7.25. The Kier molecular flexibility index (Phi) is 5.37. The van der Waals surface area contributed by atoms with E-state index >= 15 is 0 Å². The smallest absolute Gasteiger partial charge is 0.279 e. The Morgan fingerprint density at radius 3 is 2.62 bits per heavy atom. The van der Waals surface area contributed by atoms with Gasteiger partial charge in [-0.15, -0.1) is 0 Å². The molecule has 0 aliphatic heterocycles. The number of halogens is 1. The molecule has 0 saturated heterocycles. The maximum atomic E-state index is 11.9. The Morgan fingerprint density at radius 1 is 1.24 bits per heavy atom. The first kappa shape index (κ1) is 15.5. The predicted octanol–water partition coefficient (Wildman–Crippen LogP) is 2.91. The lowest BCUT2D eigenvalue weighted by Gasteiger charge is -2.11. The van der Waals surface area contributed by atoms with Crippen LogP contribution in [0, 0.1) is 6.92 Å². The summed E-state index contributed by atoms with van der Waals surface area (Å²) in [5.41, 5.74) is 3.12. The molecule has 4 heteroatoms. The molecule has 0 aliphatic rings. The lowest BCUT2D eigenvalue weighted by atomic mass is 10.1. The highest BCUT2D eigenvalue weighted by Crippen LogP contribution is 2.14. The Labute approximate surface area is 130 Å². The highest BCUT2D eigenvalue weighted by Gasteiger charge is 2.11. The van der Waals surface area contributed by atoms with E-state index in [1.54, 1.807) is 0 Å². The number of anilines is 1. The largest absolute Gasteiger partial charge is 0.333 e. The molecule has 1 amide bonds. The van der Waals surface area contributed by atoms with Crippen LogP contribution < -0.4 is 10.6 Å². The highest BCUT2D eigenvalue weighted by molar-refractivity contribution is 6.30. The molecule has 0 spiro atoms. The minimum absolute atomic E-state index is 0.00673. The Bertz CT molecular complexity index is 610. The third-order valence-electron chi connectivity index (χ3n) is 3.37. The van der Waals surface area contributed by atoms with Gasteiger partial charge >= 0.3 is 0 Å². The number of quaternary nitrogens is 1. The van der Waals surface area contributed by atoms with Gasteiger partial charge in [0.1, 0.15) is 6.04 Å². The van der Waals surface area contributed by atoms with Crippen LogP contribution in [0.5, 0.6) is 0 Å². The third kappa shape index (κ3) is 4.88. The first-order valence-corrected chi connectivity index (χ1v) is 7.37. The molecule has 3 N–H and O–H groups in total. The van der Waals surface area contributed by atoms with E-state index in [-0.39, 0.29) is 11.9 Å². The fourth-order valence-corrected chi connectivity index (χ4v) is 2.26. The molecule has 0 heterocycles. The van der Waals surface area contributed by atoms with E-state index in [0.717, 1.165) is 16.3 Å². The molecule has 0 aliphatic carbocycles. The monoisotopic (exact) mass is 303 g/mol. The summed E-state index contributed by atoms with van der Waals surface area (Å²) in [7, 11) is 0. The van der Waals surface area contributed by atoms with Crippen LogP contribution in [-0.2, 0) is 4.79 Å². The standard InChI is InChI=1S/C17H19ClN2O/c1-12-6-8-16(9-7-12)20-17(21)11-19-13(2)14-4-3-5-15(18)10-14/h3-10,13,19H,11H2,1-2H3,(H,20,21)/p+1/t13-/m1/s1. The van der Waals surface area contributed by atoms with E-state index in [0.29, 0.717) is 6.54 Å². The van der Waals surface area contributed by atoms with Crippen LogP contribution in [-0.4, -0.2) is 12.5 Å². The van der Waals surface area contributed by atoms with Crippen molar-refractivity contribution >= 4 is 23.2 Å². The van der Waals surface area contributed by atoms with Gasteiger partial charge in [0.25, 0.3) is 5.91 Å². The summed E-state index contributed by atoms with van der Waals surface area (Å²) in [5, 5.41) is 5.61. The number of amides is 1. The van der Waals surface area contributed by atoms with Crippen molar-refractivity contribution in [3.8, 4) is 0 Å². The molecule has 1 atom stereocenters. The summed E-state index contributed by atoms with van der Waals surface area (Å²) in [4.78, 5) is 11.9. The van der Waals surface area contributed by atoms with Gasteiger partial charge in [0, 0.05) is 16.3 Å². The summed E-state index contributed by atoms with van der Waals surface area (Å²) in [6.07, 6.45) is 0. The maximum Gasteiger partial charge on any atom is 0.279 e. The fourth-order valence-electron chi connectivity index (χ4n) is 2.06. The van der Waals surface area contributed by atoms with Crippen molar-refractivity contribution in [3.05, 3.63) is 64.7 Å². The van der Waals surface area contributed by atoms with E-state index in [9.17, 15) is 4.79 Å². The van der Waals surface area contributed by atoms with Crippen molar-refractivity contribution in [1.82, 2.24) is 0 Å². The van der Waals surface area contributed by atoms with Gasteiger partial charge in [-0.05, 0) is 38.1 Å². The first-order valence-electron chi connectivity index (χ1n) is 7.00. The summed E-state index contributed by atoms with van der Waals surface area (Å²) in [6.45, 7) is 4.46. The van der Waals surface area contributed by atoms with Crippen LogP contribution in [0.1, 0.15) is 24.1 Å². The predicted molar refractivity (Wildman–Crippen MR) is 86.5 cm³/mol. The van der Waals surface area contributed by atoms with E-state index in [2.05, 4.69) is 12.2 Å².